The third kappa shape index (κ3) is 3.71. The number of carbonyl (C=O) groups is 2. The topological polar surface area (TPSA) is 65.5 Å². The number of nitrogens with one attached hydrogen (secondary N) is 1. The van der Waals surface area contributed by atoms with Gasteiger partial charge in [0.05, 0.1) is 17.4 Å². The molecular weight excluding hydrogens is 304 g/mol. The summed E-state index contributed by atoms with van der Waals surface area (Å²) in [5.74, 6) is 0.000220. The number of rotatable bonds is 3. The SMILES string of the molecule is CC(=O)N1CCN(C(=O)c2cncc(Nc3ccccc3)c2)CC1. The fraction of sp³-hybridized carbons (Fsp3) is 0.278. The quantitative estimate of drug-likeness (QED) is 0.939. The Bertz CT molecular complexity index is 725. The first-order valence-corrected chi connectivity index (χ1v) is 7.95. The van der Waals surface area contributed by atoms with E-state index >= 15 is 0 Å². The largest absolute Gasteiger partial charge is 0.354 e. The average Bonchev–Trinajstić information content (AvgIpc) is 2.62. The van der Waals surface area contributed by atoms with E-state index in [1.165, 1.54) is 0 Å². The van der Waals surface area contributed by atoms with E-state index in [1.807, 2.05) is 30.3 Å². The lowest BCUT2D eigenvalue weighted by molar-refractivity contribution is -0.130. The summed E-state index contributed by atoms with van der Waals surface area (Å²) in [6.45, 7) is 3.82. The molecule has 1 aromatic carbocycles. The molecule has 6 heteroatoms. The molecule has 6 nitrogen and oxygen atoms in total. The van der Waals surface area contributed by atoms with Crippen molar-refractivity contribution in [3.8, 4) is 0 Å². The van der Waals surface area contributed by atoms with Crippen LogP contribution in [0.2, 0.25) is 0 Å². The molecule has 0 spiro atoms. The number of aromatic nitrogens is 1. The second-order valence-corrected chi connectivity index (χ2v) is 5.75. The molecule has 24 heavy (non-hydrogen) atoms. The van der Waals surface area contributed by atoms with Crippen molar-refractivity contribution in [1.82, 2.24) is 14.8 Å². The van der Waals surface area contributed by atoms with Crippen molar-refractivity contribution in [3.63, 3.8) is 0 Å². The van der Waals surface area contributed by atoms with Crippen LogP contribution in [-0.4, -0.2) is 52.8 Å². The van der Waals surface area contributed by atoms with Crippen LogP contribution < -0.4 is 5.32 Å². The maximum Gasteiger partial charge on any atom is 0.255 e. The molecule has 0 aliphatic carbocycles. The van der Waals surface area contributed by atoms with Gasteiger partial charge in [-0.3, -0.25) is 14.6 Å². The lowest BCUT2D eigenvalue weighted by Gasteiger charge is -2.34. The molecule has 0 atom stereocenters. The van der Waals surface area contributed by atoms with Gasteiger partial charge in [-0.05, 0) is 18.2 Å². The Balaban J connectivity index is 1.67. The summed E-state index contributed by atoms with van der Waals surface area (Å²) in [6.07, 6.45) is 3.27. The van der Waals surface area contributed by atoms with Crippen LogP contribution in [0.3, 0.4) is 0 Å². The number of amides is 2. The lowest BCUT2D eigenvalue weighted by atomic mass is 10.2. The van der Waals surface area contributed by atoms with Crippen LogP contribution in [0.25, 0.3) is 0 Å². The highest BCUT2D eigenvalue weighted by Gasteiger charge is 2.23. The highest BCUT2D eigenvalue weighted by Crippen LogP contribution is 2.17. The van der Waals surface area contributed by atoms with Gasteiger partial charge in [-0.25, -0.2) is 0 Å². The molecule has 1 aromatic heterocycles. The molecule has 0 bridgehead atoms. The molecule has 2 heterocycles. The monoisotopic (exact) mass is 324 g/mol. The van der Waals surface area contributed by atoms with Crippen molar-refractivity contribution in [3.05, 3.63) is 54.4 Å². The number of benzene rings is 1. The molecule has 1 aliphatic heterocycles. The minimum absolute atomic E-state index is 0.0533. The first-order chi connectivity index (χ1) is 11.6. The zero-order chi connectivity index (χ0) is 16.9. The molecule has 1 N–H and O–H groups in total. The van der Waals surface area contributed by atoms with Crippen molar-refractivity contribution in [2.45, 2.75) is 6.92 Å². The zero-order valence-corrected chi connectivity index (χ0v) is 13.6. The highest BCUT2D eigenvalue weighted by molar-refractivity contribution is 5.95. The minimum Gasteiger partial charge on any atom is -0.354 e. The summed E-state index contributed by atoms with van der Waals surface area (Å²) in [7, 11) is 0. The van der Waals surface area contributed by atoms with E-state index < -0.39 is 0 Å². The van der Waals surface area contributed by atoms with Gasteiger partial charge in [-0.2, -0.15) is 0 Å². The van der Waals surface area contributed by atoms with Crippen molar-refractivity contribution < 1.29 is 9.59 Å². The van der Waals surface area contributed by atoms with Crippen molar-refractivity contribution in [2.24, 2.45) is 0 Å². The predicted molar refractivity (Wildman–Crippen MR) is 92.1 cm³/mol. The summed E-state index contributed by atoms with van der Waals surface area (Å²) >= 11 is 0. The van der Waals surface area contributed by atoms with E-state index in [0.29, 0.717) is 31.7 Å². The van der Waals surface area contributed by atoms with Crippen LogP contribution in [0.4, 0.5) is 11.4 Å². The van der Waals surface area contributed by atoms with E-state index in [4.69, 9.17) is 0 Å². The van der Waals surface area contributed by atoms with Crippen molar-refractivity contribution in [2.75, 3.05) is 31.5 Å². The molecular formula is C18H20N4O2. The van der Waals surface area contributed by atoms with Crippen LogP contribution in [0.15, 0.2) is 48.8 Å². The van der Waals surface area contributed by atoms with Crippen LogP contribution in [0, 0.1) is 0 Å². The number of nitrogens with zero attached hydrogens (tertiary/aromatic N) is 3. The molecule has 0 saturated carbocycles. The number of hydrogen-bond acceptors (Lipinski definition) is 4. The number of para-hydroxylation sites is 1. The molecule has 0 unspecified atom stereocenters. The summed E-state index contributed by atoms with van der Waals surface area (Å²) in [5, 5.41) is 3.24. The second-order valence-electron chi connectivity index (χ2n) is 5.75. The Kier molecular flexibility index (Phi) is 4.74. The van der Waals surface area contributed by atoms with Crippen LogP contribution in [-0.2, 0) is 4.79 Å². The van der Waals surface area contributed by atoms with Crippen LogP contribution in [0.5, 0.6) is 0 Å². The Morgan fingerprint density at radius 3 is 2.29 bits per heavy atom. The third-order valence-electron chi connectivity index (χ3n) is 4.06. The Hall–Kier alpha value is -2.89. The van der Waals surface area contributed by atoms with Crippen LogP contribution >= 0.6 is 0 Å². The number of piperazine rings is 1. The molecule has 0 radical (unpaired) electrons. The summed E-state index contributed by atoms with van der Waals surface area (Å²) < 4.78 is 0. The maximum atomic E-state index is 12.6. The van der Waals surface area contributed by atoms with Gasteiger partial charge in [-0.1, -0.05) is 18.2 Å². The van der Waals surface area contributed by atoms with Gasteiger partial charge in [0.2, 0.25) is 5.91 Å². The molecule has 1 fully saturated rings. The lowest BCUT2D eigenvalue weighted by Crippen LogP contribution is -2.50. The summed E-state index contributed by atoms with van der Waals surface area (Å²) in [4.78, 5) is 31.7. The minimum atomic E-state index is -0.0533. The molecule has 1 aliphatic rings. The summed E-state index contributed by atoms with van der Waals surface area (Å²) in [5.41, 5.74) is 2.26. The summed E-state index contributed by atoms with van der Waals surface area (Å²) in [6, 6.07) is 11.5. The molecule has 124 valence electrons. The maximum absolute atomic E-state index is 12.6. The van der Waals surface area contributed by atoms with E-state index in [-0.39, 0.29) is 11.8 Å². The van der Waals surface area contributed by atoms with Gasteiger partial charge < -0.3 is 15.1 Å². The number of anilines is 2. The van der Waals surface area contributed by atoms with Gasteiger partial charge in [0.1, 0.15) is 0 Å². The third-order valence-corrected chi connectivity index (χ3v) is 4.06. The van der Waals surface area contributed by atoms with Crippen LogP contribution in [0.1, 0.15) is 17.3 Å². The van der Waals surface area contributed by atoms with Crippen molar-refractivity contribution in [1.29, 1.82) is 0 Å². The standard InChI is InChI=1S/C18H20N4O2/c1-14(23)21-7-9-22(10-8-21)18(24)15-11-17(13-19-12-15)20-16-5-3-2-4-6-16/h2-6,11-13,20H,7-10H2,1H3. The molecule has 1 saturated heterocycles. The number of pyridine rings is 1. The fourth-order valence-corrected chi connectivity index (χ4v) is 2.72. The van der Waals surface area contributed by atoms with E-state index in [0.717, 1.165) is 11.4 Å². The Morgan fingerprint density at radius 1 is 0.958 bits per heavy atom. The van der Waals surface area contributed by atoms with Gasteiger partial charge >= 0.3 is 0 Å². The van der Waals surface area contributed by atoms with E-state index in [9.17, 15) is 9.59 Å². The Labute approximate surface area is 141 Å². The van der Waals surface area contributed by atoms with Gasteiger partial charge in [0.15, 0.2) is 0 Å². The first kappa shape index (κ1) is 16.0. The molecule has 2 aromatic rings. The number of carbonyl (C=O) groups excluding carboxylic acids is 2. The zero-order valence-electron chi connectivity index (χ0n) is 13.6. The predicted octanol–water partition coefficient (Wildman–Crippen LogP) is 2.13. The van der Waals surface area contributed by atoms with Crippen molar-refractivity contribution >= 4 is 23.2 Å². The number of hydrogen-bond donors (Lipinski definition) is 1. The van der Waals surface area contributed by atoms with Gasteiger partial charge in [0.25, 0.3) is 5.91 Å². The highest BCUT2D eigenvalue weighted by atomic mass is 16.2. The average molecular weight is 324 g/mol. The second kappa shape index (κ2) is 7.12. The smallest absolute Gasteiger partial charge is 0.255 e. The molecule has 3 rings (SSSR count). The van der Waals surface area contributed by atoms with Gasteiger partial charge in [0, 0.05) is 45.0 Å². The Morgan fingerprint density at radius 2 is 1.62 bits per heavy atom. The van der Waals surface area contributed by atoms with E-state index in [1.54, 1.807) is 35.2 Å². The fourth-order valence-electron chi connectivity index (χ4n) is 2.72. The molecule has 2 amide bonds. The van der Waals surface area contributed by atoms with Gasteiger partial charge in [-0.15, -0.1) is 0 Å². The first-order valence-electron chi connectivity index (χ1n) is 7.95. The normalized spacial score (nSPS) is 14.4. The van der Waals surface area contributed by atoms with E-state index in [2.05, 4.69) is 10.3 Å².